The van der Waals surface area contributed by atoms with Crippen LogP contribution in [0.25, 0.3) is 22.8 Å². The molecule has 0 aromatic carbocycles. The Morgan fingerprint density at radius 1 is 1.39 bits per heavy atom. The van der Waals surface area contributed by atoms with E-state index >= 15 is 0 Å². The number of carbonyl (C=O) groups excluding carboxylic acids is 1. The molecule has 0 atom stereocenters. The quantitative estimate of drug-likeness (QED) is 0.626. The van der Waals surface area contributed by atoms with Gasteiger partial charge in [0.15, 0.2) is 5.13 Å². The summed E-state index contributed by atoms with van der Waals surface area (Å²) in [6.45, 7) is -0.0643. The maximum absolute atomic E-state index is 11.2. The minimum atomic E-state index is -0.266. The summed E-state index contributed by atoms with van der Waals surface area (Å²) < 4.78 is 0. The molecule has 0 aliphatic rings. The molecular formula is C14H15ClN6OS. The zero-order valence-corrected chi connectivity index (χ0v) is 13.9. The molecule has 3 aromatic heterocycles. The van der Waals surface area contributed by atoms with E-state index < -0.39 is 0 Å². The van der Waals surface area contributed by atoms with Gasteiger partial charge in [0.25, 0.3) is 0 Å². The maximum atomic E-state index is 11.2. The van der Waals surface area contributed by atoms with E-state index in [4.69, 9.17) is 5.73 Å². The number of nitrogens with one attached hydrogen (secondary N) is 2. The monoisotopic (exact) mass is 350 g/mol. The minimum absolute atomic E-state index is 0.0643. The van der Waals surface area contributed by atoms with Crippen LogP contribution in [0, 0.1) is 0 Å². The lowest BCUT2D eigenvalue weighted by molar-refractivity contribution is -0.114. The first-order valence-corrected chi connectivity index (χ1v) is 8.19. The summed E-state index contributed by atoms with van der Waals surface area (Å²) in [5, 5.41) is 4.98. The summed E-state index contributed by atoms with van der Waals surface area (Å²) in [5.74, 6) is 0.478. The largest absolute Gasteiger partial charge is 0.337 e. The van der Waals surface area contributed by atoms with Crippen molar-refractivity contribution in [2.75, 3.05) is 18.2 Å². The Kier molecular flexibility index (Phi) is 6.21. The van der Waals surface area contributed by atoms with Crippen molar-refractivity contribution in [3.63, 3.8) is 0 Å². The summed E-state index contributed by atoms with van der Waals surface area (Å²) in [6, 6.07) is 3.74. The zero-order chi connectivity index (χ0) is 16.7. The van der Waals surface area contributed by atoms with Gasteiger partial charge in [0.1, 0.15) is 11.5 Å². The van der Waals surface area contributed by atoms with E-state index in [1.807, 2.05) is 17.5 Å². The van der Waals surface area contributed by atoms with Crippen LogP contribution in [0.5, 0.6) is 0 Å². The number of aromatic nitrogens is 4. The molecule has 3 rings (SSSR count). The van der Waals surface area contributed by atoms with Gasteiger partial charge in [-0.3, -0.25) is 9.78 Å². The third-order valence-corrected chi connectivity index (χ3v) is 3.50. The van der Waals surface area contributed by atoms with Gasteiger partial charge in [-0.05, 0) is 12.1 Å². The van der Waals surface area contributed by atoms with Crippen molar-refractivity contribution in [3.05, 3.63) is 36.1 Å². The molecule has 4 N–H and O–H groups in total. The number of pyridine rings is 1. The van der Waals surface area contributed by atoms with E-state index in [2.05, 4.69) is 36.9 Å². The highest BCUT2D eigenvalue weighted by atomic mass is 35.5. The number of carbonyl (C=O) groups is 1. The molecule has 0 saturated heterocycles. The molecule has 1 amide bonds. The number of hydrogen-bond acceptors (Lipinski definition) is 6. The van der Waals surface area contributed by atoms with Gasteiger partial charge < -0.3 is 16.0 Å². The predicted molar refractivity (Wildman–Crippen MR) is 92.4 cm³/mol. The molecule has 0 fully saturated rings. The predicted octanol–water partition coefficient (Wildman–Crippen LogP) is 2.35. The van der Waals surface area contributed by atoms with Crippen molar-refractivity contribution in [1.29, 1.82) is 0 Å². The van der Waals surface area contributed by atoms with Gasteiger partial charge in [0, 0.05) is 29.7 Å². The molecule has 3 heterocycles. The molecule has 0 bridgehead atoms. The fraction of sp³-hybridized carbons (Fsp3) is 0.143. The molecule has 7 nitrogen and oxygen atoms in total. The fourth-order valence-electron chi connectivity index (χ4n) is 1.73. The SMILES string of the molecule is CCl.NCC(=O)Nc1nc(-c2cnc(-c3ccncc3)[nH]2)cs1. The molecule has 9 heteroatoms. The number of alkyl halides is 1. The van der Waals surface area contributed by atoms with Crippen LogP contribution < -0.4 is 11.1 Å². The van der Waals surface area contributed by atoms with Gasteiger partial charge in [-0.2, -0.15) is 0 Å². The Balaban J connectivity index is 0.000000924. The van der Waals surface area contributed by atoms with Crippen molar-refractivity contribution < 1.29 is 4.79 Å². The lowest BCUT2D eigenvalue weighted by Gasteiger charge is -1.96. The van der Waals surface area contributed by atoms with Crippen molar-refractivity contribution in [1.82, 2.24) is 19.9 Å². The third-order valence-electron chi connectivity index (χ3n) is 2.74. The normalized spacial score (nSPS) is 9.87. The second kappa shape index (κ2) is 8.37. The lowest BCUT2D eigenvalue weighted by Crippen LogP contribution is -2.21. The summed E-state index contributed by atoms with van der Waals surface area (Å²) in [7, 11) is 0. The summed E-state index contributed by atoms with van der Waals surface area (Å²) in [6.07, 6.45) is 6.60. The lowest BCUT2D eigenvalue weighted by atomic mass is 10.2. The molecule has 0 aliphatic heterocycles. The number of imidazole rings is 1. The van der Waals surface area contributed by atoms with E-state index in [1.165, 1.54) is 17.7 Å². The second-order valence-electron chi connectivity index (χ2n) is 4.17. The smallest absolute Gasteiger partial charge is 0.239 e. The van der Waals surface area contributed by atoms with Crippen molar-refractivity contribution in [3.8, 4) is 22.8 Å². The van der Waals surface area contributed by atoms with Crippen molar-refractivity contribution in [2.45, 2.75) is 0 Å². The van der Waals surface area contributed by atoms with E-state index in [0.717, 1.165) is 22.8 Å². The molecule has 120 valence electrons. The number of rotatable bonds is 4. The number of aromatic amines is 1. The molecule has 0 aliphatic carbocycles. The van der Waals surface area contributed by atoms with Crippen molar-refractivity contribution in [2.24, 2.45) is 5.73 Å². The number of hydrogen-bond donors (Lipinski definition) is 3. The van der Waals surface area contributed by atoms with E-state index in [9.17, 15) is 4.79 Å². The van der Waals surface area contributed by atoms with E-state index in [1.54, 1.807) is 18.6 Å². The number of thiazole rings is 1. The Morgan fingerprint density at radius 2 is 2.13 bits per heavy atom. The molecule has 0 unspecified atom stereocenters. The number of anilines is 1. The first kappa shape index (κ1) is 17.1. The van der Waals surface area contributed by atoms with Crippen LogP contribution in [0.15, 0.2) is 36.1 Å². The van der Waals surface area contributed by atoms with Crippen LogP contribution in [0.3, 0.4) is 0 Å². The van der Waals surface area contributed by atoms with Gasteiger partial charge in [0.05, 0.1) is 18.4 Å². The fourth-order valence-corrected chi connectivity index (χ4v) is 2.46. The Morgan fingerprint density at radius 3 is 2.83 bits per heavy atom. The van der Waals surface area contributed by atoms with Crippen molar-refractivity contribution >= 4 is 34.0 Å². The molecule has 3 aromatic rings. The third kappa shape index (κ3) is 4.35. The van der Waals surface area contributed by atoms with Crippen LogP contribution in [0.2, 0.25) is 0 Å². The van der Waals surface area contributed by atoms with Gasteiger partial charge in [-0.15, -0.1) is 22.9 Å². The zero-order valence-electron chi connectivity index (χ0n) is 12.3. The minimum Gasteiger partial charge on any atom is -0.337 e. The molecule has 0 saturated carbocycles. The standard InChI is InChI=1S/C13H12N6OS.CH3Cl/c14-5-11(20)19-13-18-10(7-21-13)9-6-16-12(17-9)8-1-3-15-4-2-8;1-2/h1-4,6-7H,5,14H2,(H,16,17)(H,18,19,20);1H3. The highest BCUT2D eigenvalue weighted by Gasteiger charge is 2.10. The number of nitrogens with zero attached hydrogens (tertiary/aromatic N) is 3. The maximum Gasteiger partial charge on any atom is 0.239 e. The number of H-pyrrole nitrogens is 1. The average molecular weight is 351 g/mol. The highest BCUT2D eigenvalue weighted by molar-refractivity contribution is 7.14. The van der Waals surface area contributed by atoms with Gasteiger partial charge in [-0.1, -0.05) is 0 Å². The number of nitrogens with two attached hydrogens (primary N) is 1. The molecule has 0 radical (unpaired) electrons. The Hall–Kier alpha value is -2.29. The van der Waals surface area contributed by atoms with Gasteiger partial charge in [0.2, 0.25) is 5.91 Å². The number of amides is 1. The van der Waals surface area contributed by atoms with E-state index in [-0.39, 0.29) is 12.5 Å². The summed E-state index contributed by atoms with van der Waals surface area (Å²) in [5.41, 5.74) is 7.70. The van der Waals surface area contributed by atoms with Crippen LogP contribution in [0.4, 0.5) is 5.13 Å². The van der Waals surface area contributed by atoms with Crippen LogP contribution in [-0.4, -0.2) is 38.8 Å². The van der Waals surface area contributed by atoms with Crippen LogP contribution >= 0.6 is 22.9 Å². The second-order valence-corrected chi connectivity index (χ2v) is 5.03. The van der Waals surface area contributed by atoms with Gasteiger partial charge in [-0.25, -0.2) is 9.97 Å². The topological polar surface area (TPSA) is 110 Å². The number of halogens is 1. The summed E-state index contributed by atoms with van der Waals surface area (Å²) >= 11 is 5.98. The Bertz CT molecular complexity index is 757. The molecule has 0 spiro atoms. The summed E-state index contributed by atoms with van der Waals surface area (Å²) in [4.78, 5) is 27.0. The Labute approximate surface area is 142 Å². The molecule has 23 heavy (non-hydrogen) atoms. The first-order chi connectivity index (χ1) is 11.3. The first-order valence-electron chi connectivity index (χ1n) is 6.55. The van der Waals surface area contributed by atoms with E-state index in [0.29, 0.717) is 5.13 Å². The van der Waals surface area contributed by atoms with Crippen LogP contribution in [-0.2, 0) is 4.79 Å². The van der Waals surface area contributed by atoms with Crippen LogP contribution in [0.1, 0.15) is 0 Å². The average Bonchev–Trinajstić information content (AvgIpc) is 3.26. The highest BCUT2D eigenvalue weighted by Crippen LogP contribution is 2.25. The van der Waals surface area contributed by atoms with Gasteiger partial charge >= 0.3 is 0 Å². The molecular weight excluding hydrogens is 336 g/mol.